The molecule has 1 aromatic heterocycles. The van der Waals surface area contributed by atoms with Crippen molar-refractivity contribution in [3.63, 3.8) is 0 Å². The molecule has 4 heteroatoms. The number of aryl methyl sites for hydroxylation is 1. The Morgan fingerprint density at radius 2 is 1.82 bits per heavy atom. The standard InChI is InChI=1S/C13H11NO3/c1-8(15)12-10(16)5-6-11(17)13(12)9-4-3-7-14(9)2/h3-7H,1-2H3. The van der Waals surface area contributed by atoms with Gasteiger partial charge in [-0.15, -0.1) is 0 Å². The largest absolute Gasteiger partial charge is 0.350 e. The Bertz CT molecular complexity index is 588. The highest BCUT2D eigenvalue weighted by Crippen LogP contribution is 2.25. The molecule has 0 atom stereocenters. The van der Waals surface area contributed by atoms with Crippen molar-refractivity contribution in [1.82, 2.24) is 4.57 Å². The van der Waals surface area contributed by atoms with Crippen molar-refractivity contribution in [2.45, 2.75) is 6.92 Å². The van der Waals surface area contributed by atoms with Gasteiger partial charge in [-0.25, -0.2) is 0 Å². The van der Waals surface area contributed by atoms with Gasteiger partial charge in [-0.05, 0) is 31.2 Å². The molecule has 0 spiro atoms. The molecule has 86 valence electrons. The minimum atomic E-state index is -0.409. The van der Waals surface area contributed by atoms with E-state index in [1.165, 1.54) is 13.0 Å². The Kier molecular flexibility index (Phi) is 2.63. The second-order valence-electron chi connectivity index (χ2n) is 3.87. The highest BCUT2D eigenvalue weighted by Gasteiger charge is 2.27. The maximum absolute atomic E-state index is 11.8. The number of carbonyl (C=O) groups is 3. The van der Waals surface area contributed by atoms with Crippen LogP contribution in [0.5, 0.6) is 0 Å². The summed E-state index contributed by atoms with van der Waals surface area (Å²) in [4.78, 5) is 35.0. The molecular formula is C13H11NO3. The van der Waals surface area contributed by atoms with Gasteiger partial charge >= 0.3 is 0 Å². The van der Waals surface area contributed by atoms with E-state index in [0.29, 0.717) is 5.69 Å². The third-order valence-corrected chi connectivity index (χ3v) is 2.68. The SMILES string of the molecule is CC(=O)C1=C(c2cccn2C)C(=O)C=CC1=O. The van der Waals surface area contributed by atoms with Crippen molar-refractivity contribution in [3.05, 3.63) is 41.7 Å². The maximum Gasteiger partial charge on any atom is 0.190 e. The highest BCUT2D eigenvalue weighted by atomic mass is 16.2. The van der Waals surface area contributed by atoms with Gasteiger partial charge in [-0.1, -0.05) is 0 Å². The molecule has 4 nitrogen and oxygen atoms in total. The van der Waals surface area contributed by atoms with E-state index in [-0.39, 0.29) is 22.7 Å². The molecule has 0 unspecified atom stereocenters. The van der Waals surface area contributed by atoms with Gasteiger partial charge in [0.25, 0.3) is 0 Å². The Labute approximate surface area is 98.2 Å². The van der Waals surface area contributed by atoms with Gasteiger partial charge in [-0.2, -0.15) is 0 Å². The van der Waals surface area contributed by atoms with Crippen LogP contribution in [-0.4, -0.2) is 21.9 Å². The number of hydrogen-bond acceptors (Lipinski definition) is 3. The van der Waals surface area contributed by atoms with Gasteiger partial charge in [-0.3, -0.25) is 14.4 Å². The first-order valence-electron chi connectivity index (χ1n) is 5.16. The number of aromatic nitrogens is 1. The van der Waals surface area contributed by atoms with E-state index in [2.05, 4.69) is 0 Å². The van der Waals surface area contributed by atoms with Crippen molar-refractivity contribution in [2.75, 3.05) is 0 Å². The van der Waals surface area contributed by atoms with Crippen LogP contribution < -0.4 is 0 Å². The smallest absolute Gasteiger partial charge is 0.190 e. The normalized spacial score (nSPS) is 15.6. The van der Waals surface area contributed by atoms with Crippen molar-refractivity contribution >= 4 is 22.9 Å². The van der Waals surface area contributed by atoms with Crippen LogP contribution in [0, 0.1) is 0 Å². The van der Waals surface area contributed by atoms with Crippen LogP contribution in [0.15, 0.2) is 36.1 Å². The van der Waals surface area contributed by atoms with Gasteiger partial charge in [0.15, 0.2) is 17.3 Å². The van der Waals surface area contributed by atoms with Crippen molar-refractivity contribution in [3.8, 4) is 0 Å². The molecule has 17 heavy (non-hydrogen) atoms. The molecule has 1 aliphatic carbocycles. The molecule has 2 rings (SSSR count). The van der Waals surface area contributed by atoms with Crippen LogP contribution in [0.3, 0.4) is 0 Å². The molecule has 0 N–H and O–H groups in total. The lowest BCUT2D eigenvalue weighted by atomic mass is 9.90. The lowest BCUT2D eigenvalue weighted by molar-refractivity contribution is -0.119. The molecule has 0 aromatic carbocycles. The summed E-state index contributed by atoms with van der Waals surface area (Å²) in [7, 11) is 1.76. The van der Waals surface area contributed by atoms with Crippen LogP contribution in [0.2, 0.25) is 0 Å². The maximum atomic E-state index is 11.8. The lowest BCUT2D eigenvalue weighted by Crippen LogP contribution is -2.19. The zero-order chi connectivity index (χ0) is 12.6. The lowest BCUT2D eigenvalue weighted by Gasteiger charge is -2.13. The quantitative estimate of drug-likeness (QED) is 0.563. The molecule has 1 aliphatic rings. The summed E-state index contributed by atoms with van der Waals surface area (Å²) in [6, 6.07) is 3.47. The van der Waals surface area contributed by atoms with E-state index in [1.54, 1.807) is 29.9 Å². The minimum absolute atomic E-state index is 0.0284. The van der Waals surface area contributed by atoms with Crippen LogP contribution in [0.25, 0.3) is 5.57 Å². The number of nitrogens with zero attached hydrogens (tertiary/aromatic N) is 1. The summed E-state index contributed by atoms with van der Waals surface area (Å²) in [6.07, 6.45) is 4.11. The van der Waals surface area contributed by atoms with E-state index in [4.69, 9.17) is 0 Å². The van der Waals surface area contributed by atoms with Gasteiger partial charge in [0.05, 0.1) is 16.8 Å². The number of hydrogen-bond donors (Lipinski definition) is 0. The summed E-state index contributed by atoms with van der Waals surface area (Å²) >= 11 is 0. The predicted octanol–water partition coefficient (Wildman–Crippen LogP) is 1.08. The molecule has 0 amide bonds. The number of ketones is 3. The van der Waals surface area contributed by atoms with Gasteiger partial charge in [0.2, 0.25) is 0 Å². The number of Topliss-reactive ketones (excluding diaryl/α,β-unsaturated/α-hetero) is 1. The van der Waals surface area contributed by atoms with E-state index in [1.807, 2.05) is 0 Å². The van der Waals surface area contributed by atoms with Crippen LogP contribution in [-0.2, 0) is 21.4 Å². The van der Waals surface area contributed by atoms with E-state index < -0.39 is 5.78 Å². The monoisotopic (exact) mass is 229 g/mol. The third-order valence-electron chi connectivity index (χ3n) is 2.68. The van der Waals surface area contributed by atoms with Crippen molar-refractivity contribution < 1.29 is 14.4 Å². The molecule has 0 saturated carbocycles. The van der Waals surface area contributed by atoms with Crippen LogP contribution in [0.1, 0.15) is 12.6 Å². The van der Waals surface area contributed by atoms with Crippen LogP contribution in [0.4, 0.5) is 0 Å². The number of carbonyl (C=O) groups excluding carboxylic acids is 3. The summed E-state index contributed by atoms with van der Waals surface area (Å²) in [6.45, 7) is 1.29. The molecule has 0 radical (unpaired) electrons. The first-order chi connectivity index (χ1) is 8.02. The average molecular weight is 229 g/mol. The molecular weight excluding hydrogens is 218 g/mol. The fourth-order valence-electron chi connectivity index (χ4n) is 1.89. The minimum Gasteiger partial charge on any atom is -0.350 e. The average Bonchev–Trinajstić information content (AvgIpc) is 2.67. The summed E-state index contributed by atoms with van der Waals surface area (Å²) < 4.78 is 1.71. The Balaban J connectivity index is 2.72. The van der Waals surface area contributed by atoms with Crippen molar-refractivity contribution in [1.29, 1.82) is 0 Å². The molecule has 0 bridgehead atoms. The fourth-order valence-corrected chi connectivity index (χ4v) is 1.89. The molecule has 0 fully saturated rings. The third kappa shape index (κ3) is 1.78. The summed E-state index contributed by atoms with van der Waals surface area (Å²) in [5.74, 6) is -1.10. The Morgan fingerprint density at radius 1 is 1.18 bits per heavy atom. The van der Waals surface area contributed by atoms with Crippen LogP contribution >= 0.6 is 0 Å². The Hall–Kier alpha value is -2.23. The number of allylic oxidation sites excluding steroid dienone is 4. The predicted molar refractivity (Wildman–Crippen MR) is 62.2 cm³/mol. The van der Waals surface area contributed by atoms with Gasteiger partial charge in [0, 0.05) is 13.2 Å². The van der Waals surface area contributed by atoms with Gasteiger partial charge in [0.1, 0.15) is 0 Å². The summed E-state index contributed by atoms with van der Waals surface area (Å²) in [5.41, 5.74) is 0.745. The Morgan fingerprint density at radius 3 is 2.35 bits per heavy atom. The molecule has 1 aromatic rings. The van der Waals surface area contributed by atoms with E-state index in [9.17, 15) is 14.4 Å². The van der Waals surface area contributed by atoms with E-state index >= 15 is 0 Å². The molecule has 0 saturated heterocycles. The number of rotatable bonds is 2. The molecule has 1 heterocycles. The summed E-state index contributed by atoms with van der Waals surface area (Å²) in [5, 5.41) is 0. The zero-order valence-corrected chi connectivity index (χ0v) is 9.56. The fraction of sp³-hybridized carbons (Fsp3) is 0.154. The van der Waals surface area contributed by atoms with E-state index in [0.717, 1.165) is 6.08 Å². The second kappa shape index (κ2) is 3.97. The zero-order valence-electron chi connectivity index (χ0n) is 9.56. The van der Waals surface area contributed by atoms with Crippen molar-refractivity contribution in [2.24, 2.45) is 7.05 Å². The highest BCUT2D eigenvalue weighted by molar-refractivity contribution is 6.43. The second-order valence-corrected chi connectivity index (χ2v) is 3.87. The van der Waals surface area contributed by atoms with Gasteiger partial charge < -0.3 is 4.57 Å². The first kappa shape index (κ1) is 11.3. The topological polar surface area (TPSA) is 56.1 Å². The molecule has 0 aliphatic heterocycles. The first-order valence-corrected chi connectivity index (χ1v) is 5.16.